The fraction of sp³-hybridized carbons (Fsp3) is 0.182. The highest BCUT2D eigenvalue weighted by atomic mass is 16.1. The van der Waals surface area contributed by atoms with Crippen LogP contribution in [0.1, 0.15) is 11.4 Å². The van der Waals surface area contributed by atoms with Crippen molar-refractivity contribution in [1.29, 1.82) is 0 Å². The predicted molar refractivity (Wildman–Crippen MR) is 66.5 cm³/mol. The molecule has 0 amide bonds. The van der Waals surface area contributed by atoms with Crippen molar-refractivity contribution in [3.05, 3.63) is 46.4 Å². The summed E-state index contributed by atoms with van der Waals surface area (Å²) in [5.41, 5.74) is 5.55. The van der Waals surface area contributed by atoms with E-state index in [0.717, 1.165) is 11.4 Å². The number of hydrogen-bond donors (Lipinski definition) is 2. The van der Waals surface area contributed by atoms with Crippen LogP contribution in [0.3, 0.4) is 0 Å². The molecule has 0 radical (unpaired) electrons. The monoisotopic (exact) mass is 244 g/mol. The lowest BCUT2D eigenvalue weighted by molar-refractivity contribution is 0.865. The average Bonchev–Trinajstić information content (AvgIpc) is 2.87. The Bertz CT molecular complexity index is 746. The lowest BCUT2D eigenvalue weighted by atomic mass is 10.5. The maximum absolute atomic E-state index is 11.3. The summed E-state index contributed by atoms with van der Waals surface area (Å²) < 4.78 is 3.27. The van der Waals surface area contributed by atoms with E-state index >= 15 is 0 Å². The summed E-state index contributed by atoms with van der Waals surface area (Å²) in [6.45, 7) is 4.00. The molecule has 92 valence electrons. The van der Waals surface area contributed by atoms with Gasteiger partial charge in [-0.25, -0.2) is 19.3 Å². The van der Waals surface area contributed by atoms with Gasteiger partial charge in [0.05, 0.1) is 0 Å². The SMILES string of the molecule is Cc1ccc(C)n1Nc1cc2n[nH]c(=O)n2cn1. The van der Waals surface area contributed by atoms with Gasteiger partial charge in [0.2, 0.25) is 0 Å². The van der Waals surface area contributed by atoms with Gasteiger partial charge in [0.1, 0.15) is 12.1 Å². The molecule has 7 nitrogen and oxygen atoms in total. The summed E-state index contributed by atoms with van der Waals surface area (Å²) in [6.07, 6.45) is 1.44. The van der Waals surface area contributed by atoms with Crippen LogP contribution >= 0.6 is 0 Å². The number of rotatable bonds is 2. The van der Waals surface area contributed by atoms with E-state index in [1.54, 1.807) is 6.07 Å². The second kappa shape index (κ2) is 3.73. The molecule has 3 rings (SSSR count). The number of fused-ring (bicyclic) bond motifs is 1. The highest BCUT2D eigenvalue weighted by molar-refractivity contribution is 5.48. The normalized spacial score (nSPS) is 11.0. The Hall–Kier alpha value is -2.57. The molecule has 0 spiro atoms. The van der Waals surface area contributed by atoms with Crippen LogP contribution < -0.4 is 11.1 Å². The molecule has 7 heteroatoms. The zero-order chi connectivity index (χ0) is 12.7. The summed E-state index contributed by atoms with van der Waals surface area (Å²) in [5.74, 6) is 0.629. The summed E-state index contributed by atoms with van der Waals surface area (Å²) in [6, 6.07) is 5.73. The van der Waals surface area contributed by atoms with E-state index in [4.69, 9.17) is 0 Å². The minimum atomic E-state index is -0.294. The summed E-state index contributed by atoms with van der Waals surface area (Å²) >= 11 is 0. The van der Waals surface area contributed by atoms with Crippen LogP contribution in [0.2, 0.25) is 0 Å². The molecule has 0 bridgehead atoms. The van der Waals surface area contributed by atoms with Crippen LogP contribution in [-0.4, -0.2) is 24.3 Å². The Morgan fingerprint density at radius 3 is 2.72 bits per heavy atom. The molecule has 0 aliphatic heterocycles. The van der Waals surface area contributed by atoms with E-state index in [2.05, 4.69) is 20.6 Å². The van der Waals surface area contributed by atoms with Gasteiger partial charge in [-0.1, -0.05) is 0 Å². The third kappa shape index (κ3) is 1.56. The van der Waals surface area contributed by atoms with Gasteiger partial charge < -0.3 is 0 Å². The fourth-order valence-electron chi connectivity index (χ4n) is 1.83. The van der Waals surface area contributed by atoms with Crippen molar-refractivity contribution in [2.45, 2.75) is 13.8 Å². The predicted octanol–water partition coefficient (Wildman–Crippen LogP) is 0.711. The summed E-state index contributed by atoms with van der Waals surface area (Å²) in [4.78, 5) is 15.5. The van der Waals surface area contributed by atoms with Crippen LogP contribution in [0, 0.1) is 13.8 Å². The van der Waals surface area contributed by atoms with Crippen molar-refractivity contribution < 1.29 is 0 Å². The van der Waals surface area contributed by atoms with Crippen molar-refractivity contribution in [3.63, 3.8) is 0 Å². The van der Waals surface area contributed by atoms with Gasteiger partial charge >= 0.3 is 5.69 Å². The molecule has 0 aliphatic carbocycles. The molecular weight excluding hydrogens is 232 g/mol. The molecular formula is C11H12N6O. The van der Waals surface area contributed by atoms with Gasteiger partial charge in [-0.15, -0.1) is 0 Å². The Kier molecular flexibility index (Phi) is 2.19. The average molecular weight is 244 g/mol. The fourth-order valence-corrected chi connectivity index (χ4v) is 1.83. The lowest BCUT2D eigenvalue weighted by Crippen LogP contribution is -2.15. The van der Waals surface area contributed by atoms with Crippen LogP contribution in [0.5, 0.6) is 0 Å². The molecule has 0 saturated heterocycles. The smallest absolute Gasteiger partial charge is 0.277 e. The van der Waals surface area contributed by atoms with Crippen LogP contribution in [-0.2, 0) is 0 Å². The van der Waals surface area contributed by atoms with Crippen molar-refractivity contribution in [3.8, 4) is 0 Å². The number of nitrogens with one attached hydrogen (secondary N) is 2. The second-order valence-corrected chi connectivity index (χ2v) is 4.09. The van der Waals surface area contributed by atoms with Gasteiger partial charge in [-0.3, -0.25) is 10.1 Å². The van der Waals surface area contributed by atoms with Gasteiger partial charge in [0, 0.05) is 17.5 Å². The number of hydrogen-bond acceptors (Lipinski definition) is 4. The summed E-state index contributed by atoms with van der Waals surface area (Å²) in [7, 11) is 0. The van der Waals surface area contributed by atoms with E-state index < -0.39 is 0 Å². The lowest BCUT2D eigenvalue weighted by Gasteiger charge is -2.11. The van der Waals surface area contributed by atoms with Gasteiger partial charge in [-0.05, 0) is 26.0 Å². The molecule has 0 saturated carbocycles. The van der Waals surface area contributed by atoms with E-state index in [1.807, 2.05) is 30.7 Å². The van der Waals surface area contributed by atoms with E-state index in [-0.39, 0.29) is 5.69 Å². The number of H-pyrrole nitrogens is 1. The van der Waals surface area contributed by atoms with E-state index in [9.17, 15) is 4.79 Å². The van der Waals surface area contributed by atoms with E-state index in [0.29, 0.717) is 11.5 Å². The molecule has 0 fully saturated rings. The molecule has 0 atom stereocenters. The minimum Gasteiger partial charge on any atom is -0.277 e. The van der Waals surface area contributed by atoms with Crippen molar-refractivity contribution in [1.82, 2.24) is 24.3 Å². The standard InChI is InChI=1S/C11H12N6O/c1-7-3-4-8(2)17(7)15-9-5-10-13-14-11(18)16(10)6-12-9/h3-6,15H,1-2H3,(H,14,18). The largest absolute Gasteiger partial charge is 0.348 e. The molecule has 3 aromatic rings. The number of aromatic nitrogens is 5. The van der Waals surface area contributed by atoms with Crippen LogP contribution in [0.4, 0.5) is 5.82 Å². The Labute approximate surface area is 102 Å². The summed E-state index contributed by atoms with van der Waals surface area (Å²) in [5, 5.41) is 6.26. The number of aryl methyl sites for hydroxylation is 2. The quantitative estimate of drug-likeness (QED) is 0.695. The van der Waals surface area contributed by atoms with Crippen molar-refractivity contribution in [2.75, 3.05) is 5.43 Å². The van der Waals surface area contributed by atoms with E-state index in [1.165, 1.54) is 10.7 Å². The zero-order valence-electron chi connectivity index (χ0n) is 10.0. The third-order valence-electron chi connectivity index (χ3n) is 2.81. The van der Waals surface area contributed by atoms with Crippen LogP contribution in [0.25, 0.3) is 5.65 Å². The molecule has 2 N–H and O–H groups in total. The van der Waals surface area contributed by atoms with Gasteiger partial charge in [-0.2, -0.15) is 5.10 Å². The maximum atomic E-state index is 11.3. The van der Waals surface area contributed by atoms with Crippen LogP contribution in [0.15, 0.2) is 29.3 Å². The van der Waals surface area contributed by atoms with Gasteiger partial charge in [0.25, 0.3) is 0 Å². The first-order valence-corrected chi connectivity index (χ1v) is 5.50. The first-order valence-electron chi connectivity index (χ1n) is 5.50. The Morgan fingerprint density at radius 2 is 2.00 bits per heavy atom. The highest BCUT2D eigenvalue weighted by Gasteiger charge is 2.05. The second-order valence-electron chi connectivity index (χ2n) is 4.09. The minimum absolute atomic E-state index is 0.294. The number of aromatic amines is 1. The molecule has 0 aliphatic rings. The molecule has 0 aromatic carbocycles. The zero-order valence-corrected chi connectivity index (χ0v) is 10.0. The first-order chi connectivity index (χ1) is 8.65. The third-order valence-corrected chi connectivity index (χ3v) is 2.81. The number of nitrogens with zero attached hydrogens (tertiary/aromatic N) is 4. The van der Waals surface area contributed by atoms with Crippen molar-refractivity contribution in [2.24, 2.45) is 0 Å². The Balaban J connectivity index is 2.03. The maximum Gasteiger partial charge on any atom is 0.348 e. The topological polar surface area (TPSA) is 80.0 Å². The highest BCUT2D eigenvalue weighted by Crippen LogP contribution is 2.10. The molecule has 0 unspecified atom stereocenters. The van der Waals surface area contributed by atoms with Crippen molar-refractivity contribution >= 4 is 11.5 Å². The molecule has 3 heterocycles. The molecule has 18 heavy (non-hydrogen) atoms. The number of anilines is 1. The molecule has 3 aromatic heterocycles. The Morgan fingerprint density at radius 1 is 1.28 bits per heavy atom. The van der Waals surface area contributed by atoms with Gasteiger partial charge in [0.15, 0.2) is 5.65 Å². The first kappa shape index (κ1) is 10.6.